The van der Waals surface area contributed by atoms with E-state index in [-0.39, 0.29) is 18.7 Å². The van der Waals surface area contributed by atoms with Crippen LogP contribution >= 0.6 is 0 Å². The summed E-state index contributed by atoms with van der Waals surface area (Å²) in [6.45, 7) is 5.07. The first-order valence-electron chi connectivity index (χ1n) is 11.0. The molecule has 0 aliphatic carbocycles. The molecule has 0 bridgehead atoms. The van der Waals surface area contributed by atoms with Crippen molar-refractivity contribution in [3.8, 4) is 0 Å². The number of aryl methyl sites for hydroxylation is 1. The van der Waals surface area contributed by atoms with Crippen molar-refractivity contribution in [1.29, 1.82) is 0 Å². The van der Waals surface area contributed by atoms with Crippen LogP contribution < -0.4 is 0 Å². The van der Waals surface area contributed by atoms with E-state index in [1.165, 1.54) is 0 Å². The Bertz CT molecular complexity index is 1050. The number of carbonyl (C=O) groups excluding carboxylic acids is 2. The van der Waals surface area contributed by atoms with Crippen molar-refractivity contribution in [3.05, 3.63) is 77.5 Å². The van der Waals surface area contributed by atoms with Crippen molar-refractivity contribution in [2.75, 3.05) is 19.9 Å². The van der Waals surface area contributed by atoms with Crippen molar-refractivity contribution < 1.29 is 19.1 Å². The van der Waals surface area contributed by atoms with Gasteiger partial charge < -0.3 is 14.4 Å². The Balaban J connectivity index is 1.37. The Hall–Kier alpha value is -3.25. The van der Waals surface area contributed by atoms with Gasteiger partial charge in [0.15, 0.2) is 6.79 Å². The lowest BCUT2D eigenvalue weighted by atomic mass is 10.1. The quantitative estimate of drug-likeness (QED) is 0.247. The molecule has 1 aromatic heterocycles. The number of carbonyl (C=O) groups is 2. The third kappa shape index (κ3) is 6.62. The van der Waals surface area contributed by atoms with Gasteiger partial charge >= 0.3 is 5.97 Å². The summed E-state index contributed by atoms with van der Waals surface area (Å²) in [7, 11) is 0. The van der Waals surface area contributed by atoms with E-state index >= 15 is 0 Å². The predicted octanol–water partition coefficient (Wildman–Crippen LogP) is 4.76. The Morgan fingerprint density at radius 2 is 1.75 bits per heavy atom. The summed E-state index contributed by atoms with van der Waals surface area (Å²) >= 11 is 0. The summed E-state index contributed by atoms with van der Waals surface area (Å²) in [5.41, 5.74) is 3.34. The van der Waals surface area contributed by atoms with Gasteiger partial charge in [-0.25, -0.2) is 4.79 Å². The van der Waals surface area contributed by atoms with Gasteiger partial charge in [0.25, 0.3) is 0 Å². The molecule has 3 aromatic rings. The minimum Gasteiger partial charge on any atom is -0.435 e. The molecule has 1 amide bonds. The van der Waals surface area contributed by atoms with E-state index in [9.17, 15) is 9.59 Å². The van der Waals surface area contributed by atoms with Gasteiger partial charge in [0, 0.05) is 18.9 Å². The number of nitrogens with zero attached hydrogens (tertiary/aromatic N) is 2. The molecular weight excluding hydrogens is 404 g/mol. The second-order valence-electron chi connectivity index (χ2n) is 7.61. The summed E-state index contributed by atoms with van der Waals surface area (Å²) in [5, 5.41) is 1.08. The molecule has 0 unspecified atom stereocenters. The Kier molecular flexibility index (Phi) is 8.75. The van der Waals surface area contributed by atoms with Crippen LogP contribution in [0.5, 0.6) is 0 Å². The molecule has 0 N–H and O–H groups in total. The molecule has 0 radical (unpaired) electrons. The third-order valence-corrected chi connectivity index (χ3v) is 5.31. The summed E-state index contributed by atoms with van der Waals surface area (Å²) < 4.78 is 10.7. The molecule has 0 saturated carbocycles. The average Bonchev–Trinajstić information content (AvgIpc) is 2.82. The highest BCUT2D eigenvalue weighted by Crippen LogP contribution is 2.14. The number of hydrogen-bond acceptors (Lipinski definition) is 5. The fraction of sp³-hybridized carbons (Fsp3) is 0.346. The van der Waals surface area contributed by atoms with Crippen LogP contribution in [-0.4, -0.2) is 41.7 Å². The summed E-state index contributed by atoms with van der Waals surface area (Å²) in [4.78, 5) is 30.7. The fourth-order valence-corrected chi connectivity index (χ4v) is 3.51. The molecular formula is C26H30N2O4. The number of aromatic nitrogens is 1. The molecule has 168 valence electrons. The molecule has 0 atom stereocenters. The highest BCUT2D eigenvalue weighted by Gasteiger charge is 2.12. The van der Waals surface area contributed by atoms with Crippen molar-refractivity contribution in [3.63, 3.8) is 0 Å². The number of rotatable bonds is 11. The SMILES string of the molecule is CCc1ccccc1C(=O)OCOCCCCN(Cc1ccc2ccccc2n1)C(C)=O. The first kappa shape index (κ1) is 23.4. The van der Waals surface area contributed by atoms with Crippen LogP contribution in [-0.2, 0) is 27.2 Å². The number of unbranched alkanes of at least 4 members (excludes halogenated alkanes) is 1. The second kappa shape index (κ2) is 12.0. The van der Waals surface area contributed by atoms with E-state index in [0.29, 0.717) is 25.3 Å². The molecule has 6 nitrogen and oxygen atoms in total. The van der Waals surface area contributed by atoms with E-state index in [1.54, 1.807) is 17.9 Å². The topological polar surface area (TPSA) is 68.7 Å². The number of para-hydroxylation sites is 1. The van der Waals surface area contributed by atoms with Crippen LogP contribution in [0.25, 0.3) is 10.9 Å². The normalized spacial score (nSPS) is 10.8. The first-order valence-corrected chi connectivity index (χ1v) is 11.0. The van der Waals surface area contributed by atoms with Crippen LogP contribution in [0.1, 0.15) is 48.3 Å². The fourth-order valence-electron chi connectivity index (χ4n) is 3.51. The predicted molar refractivity (Wildman–Crippen MR) is 124 cm³/mol. The molecule has 1 heterocycles. The Morgan fingerprint density at radius 3 is 2.56 bits per heavy atom. The lowest BCUT2D eigenvalue weighted by Gasteiger charge is -2.21. The van der Waals surface area contributed by atoms with Crippen LogP contribution in [0, 0.1) is 0 Å². The van der Waals surface area contributed by atoms with Crippen molar-refractivity contribution in [2.24, 2.45) is 0 Å². The van der Waals surface area contributed by atoms with Crippen LogP contribution in [0.3, 0.4) is 0 Å². The monoisotopic (exact) mass is 434 g/mol. The van der Waals surface area contributed by atoms with Crippen molar-refractivity contribution >= 4 is 22.8 Å². The Morgan fingerprint density at radius 1 is 0.969 bits per heavy atom. The largest absolute Gasteiger partial charge is 0.435 e. The van der Waals surface area contributed by atoms with E-state index in [4.69, 9.17) is 9.47 Å². The van der Waals surface area contributed by atoms with Gasteiger partial charge in [0.05, 0.1) is 29.9 Å². The zero-order valence-corrected chi connectivity index (χ0v) is 18.8. The van der Waals surface area contributed by atoms with Gasteiger partial charge in [-0.2, -0.15) is 0 Å². The second-order valence-corrected chi connectivity index (χ2v) is 7.61. The number of hydrogen-bond donors (Lipinski definition) is 0. The third-order valence-electron chi connectivity index (χ3n) is 5.31. The Labute approximate surface area is 189 Å². The highest BCUT2D eigenvalue weighted by atomic mass is 16.7. The van der Waals surface area contributed by atoms with Crippen LogP contribution in [0.15, 0.2) is 60.7 Å². The van der Waals surface area contributed by atoms with Gasteiger partial charge in [0.2, 0.25) is 5.91 Å². The first-order chi connectivity index (χ1) is 15.6. The van der Waals surface area contributed by atoms with Gasteiger partial charge in [-0.15, -0.1) is 0 Å². The molecule has 0 aliphatic heterocycles. The van der Waals surface area contributed by atoms with Gasteiger partial charge in [0.1, 0.15) is 0 Å². The maximum absolute atomic E-state index is 12.2. The van der Waals surface area contributed by atoms with E-state index in [1.807, 2.05) is 61.5 Å². The number of amides is 1. The number of benzene rings is 2. The number of esters is 1. The zero-order valence-electron chi connectivity index (χ0n) is 18.8. The maximum Gasteiger partial charge on any atom is 0.340 e. The highest BCUT2D eigenvalue weighted by molar-refractivity contribution is 5.91. The molecule has 3 rings (SSSR count). The van der Waals surface area contributed by atoms with Gasteiger partial charge in [-0.05, 0) is 43.0 Å². The number of ether oxygens (including phenoxy) is 2. The summed E-state index contributed by atoms with van der Waals surface area (Å²) in [6.07, 6.45) is 2.32. The molecule has 2 aromatic carbocycles. The van der Waals surface area contributed by atoms with E-state index < -0.39 is 0 Å². The molecule has 32 heavy (non-hydrogen) atoms. The van der Waals surface area contributed by atoms with Gasteiger partial charge in [-0.3, -0.25) is 9.78 Å². The minimum absolute atomic E-state index is 0.0180. The van der Waals surface area contributed by atoms with Crippen LogP contribution in [0.2, 0.25) is 0 Å². The van der Waals surface area contributed by atoms with Crippen molar-refractivity contribution in [2.45, 2.75) is 39.7 Å². The smallest absolute Gasteiger partial charge is 0.340 e. The standard InChI is InChI=1S/C26H30N2O4/c1-3-21-10-4-6-12-24(21)26(30)32-19-31-17-9-8-16-28(20(2)29)18-23-15-14-22-11-5-7-13-25(22)27-23/h4-7,10-15H,3,8-9,16-19H2,1-2H3. The zero-order chi connectivity index (χ0) is 22.8. The molecule has 0 aliphatic rings. The van der Waals surface area contributed by atoms with E-state index in [0.717, 1.165) is 41.4 Å². The maximum atomic E-state index is 12.2. The summed E-state index contributed by atoms with van der Waals surface area (Å²) in [5.74, 6) is -0.350. The molecule has 0 spiro atoms. The summed E-state index contributed by atoms with van der Waals surface area (Å²) in [6, 6.07) is 19.4. The molecule has 0 saturated heterocycles. The molecule has 6 heteroatoms. The average molecular weight is 435 g/mol. The number of pyridine rings is 1. The van der Waals surface area contributed by atoms with Gasteiger partial charge in [-0.1, -0.05) is 49.4 Å². The van der Waals surface area contributed by atoms with E-state index in [2.05, 4.69) is 4.98 Å². The molecule has 0 fully saturated rings. The lowest BCUT2D eigenvalue weighted by molar-refractivity contribution is -0.129. The lowest BCUT2D eigenvalue weighted by Crippen LogP contribution is -2.29. The van der Waals surface area contributed by atoms with Crippen molar-refractivity contribution in [1.82, 2.24) is 9.88 Å². The van der Waals surface area contributed by atoms with Crippen LogP contribution in [0.4, 0.5) is 0 Å². The number of fused-ring (bicyclic) bond motifs is 1. The minimum atomic E-state index is -0.368.